The Bertz CT molecular complexity index is 1830. The number of hydrogen-bond acceptors (Lipinski definition) is 8. The van der Waals surface area contributed by atoms with E-state index < -0.39 is 5.97 Å². The molecule has 6 aromatic rings. The van der Waals surface area contributed by atoms with Crippen LogP contribution in [0.2, 0.25) is 0 Å². The van der Waals surface area contributed by atoms with Gasteiger partial charge in [0.25, 0.3) is 0 Å². The maximum absolute atomic E-state index is 11.4. The minimum absolute atomic E-state index is 0.0864. The average molecular weight is 524 g/mol. The highest BCUT2D eigenvalue weighted by Gasteiger charge is 2.07. The van der Waals surface area contributed by atoms with E-state index in [1.807, 2.05) is 21.1 Å². The summed E-state index contributed by atoms with van der Waals surface area (Å²) in [6, 6.07) is 11.7. The number of aromatic carboxylic acids is 1. The van der Waals surface area contributed by atoms with E-state index in [0.29, 0.717) is 22.4 Å². The molecular formula is C27H21N7O5. The molecule has 0 aliphatic rings. The van der Waals surface area contributed by atoms with Crippen molar-refractivity contribution in [3.63, 3.8) is 0 Å². The second-order valence-corrected chi connectivity index (χ2v) is 7.88. The van der Waals surface area contributed by atoms with Crippen molar-refractivity contribution in [2.75, 3.05) is 7.11 Å². The predicted octanol–water partition coefficient (Wildman–Crippen LogP) is 3.58. The lowest BCUT2D eigenvalue weighted by Gasteiger charge is -1.98. The standard InChI is InChI=1S/C10H7N3O.C9H8N2O2.C8H6N2O2/c11-3-1-9(14)8-2-5-13-6-4-12-10(13)7-8;1-13-9(12)7-2-4-11-5-3-10-8(11)6-7;11-8(12)6-1-3-10-4-2-9-7(10)5-6/h2,4-7H,1H2;2-6H,1H3;1-5H,(H,11,12). The van der Waals surface area contributed by atoms with Crippen LogP contribution in [0.25, 0.3) is 16.9 Å². The predicted molar refractivity (Wildman–Crippen MR) is 138 cm³/mol. The first-order valence-electron chi connectivity index (χ1n) is 11.4. The molecule has 0 saturated heterocycles. The summed E-state index contributed by atoms with van der Waals surface area (Å²) in [6.07, 6.45) is 15.5. The number of carbonyl (C=O) groups excluding carboxylic acids is 2. The third-order valence-electron chi connectivity index (χ3n) is 5.42. The van der Waals surface area contributed by atoms with Gasteiger partial charge in [0, 0.05) is 61.3 Å². The second-order valence-electron chi connectivity index (χ2n) is 7.88. The van der Waals surface area contributed by atoms with Gasteiger partial charge in [-0.1, -0.05) is 0 Å². The van der Waals surface area contributed by atoms with Gasteiger partial charge in [0.2, 0.25) is 0 Å². The number of nitriles is 1. The number of rotatable bonds is 4. The number of hydrogen-bond donors (Lipinski definition) is 1. The van der Waals surface area contributed by atoms with E-state index >= 15 is 0 Å². The Kier molecular flexibility index (Phi) is 8.03. The highest BCUT2D eigenvalue weighted by molar-refractivity contribution is 5.98. The Morgan fingerprint density at radius 1 is 0.769 bits per heavy atom. The van der Waals surface area contributed by atoms with Crippen LogP contribution in [0, 0.1) is 11.3 Å². The van der Waals surface area contributed by atoms with Gasteiger partial charge >= 0.3 is 11.9 Å². The molecular weight excluding hydrogens is 502 g/mol. The van der Waals surface area contributed by atoms with Crippen molar-refractivity contribution in [3.05, 3.63) is 109 Å². The van der Waals surface area contributed by atoms with Gasteiger partial charge in [-0.3, -0.25) is 4.79 Å². The van der Waals surface area contributed by atoms with E-state index in [9.17, 15) is 14.4 Å². The number of methoxy groups -OCH3 is 1. The van der Waals surface area contributed by atoms with Crippen LogP contribution in [0.15, 0.2) is 92.2 Å². The quantitative estimate of drug-likeness (QED) is 0.269. The van der Waals surface area contributed by atoms with Crippen LogP contribution in [0.5, 0.6) is 0 Å². The van der Waals surface area contributed by atoms with E-state index in [0.717, 1.165) is 5.65 Å². The summed E-state index contributed by atoms with van der Waals surface area (Å²) in [4.78, 5) is 45.1. The lowest BCUT2D eigenvalue weighted by Crippen LogP contribution is -2.01. The van der Waals surface area contributed by atoms with Crippen molar-refractivity contribution < 1.29 is 24.2 Å². The summed E-state index contributed by atoms with van der Waals surface area (Å²) in [5.74, 6) is -1.44. The number of aromatic nitrogens is 6. The molecule has 6 aromatic heterocycles. The van der Waals surface area contributed by atoms with Crippen molar-refractivity contribution >= 4 is 34.7 Å². The molecule has 0 unspecified atom stereocenters. The van der Waals surface area contributed by atoms with E-state index in [-0.39, 0.29) is 23.7 Å². The molecule has 12 heteroatoms. The third kappa shape index (κ3) is 6.30. The van der Waals surface area contributed by atoms with Gasteiger partial charge in [0.05, 0.1) is 30.7 Å². The van der Waals surface area contributed by atoms with Crippen molar-refractivity contribution in [1.82, 2.24) is 28.2 Å². The van der Waals surface area contributed by atoms with Gasteiger partial charge < -0.3 is 23.0 Å². The van der Waals surface area contributed by atoms with E-state index in [4.69, 9.17) is 10.4 Å². The molecule has 0 aliphatic carbocycles. The summed E-state index contributed by atoms with van der Waals surface area (Å²) in [7, 11) is 1.36. The van der Waals surface area contributed by atoms with Crippen LogP contribution in [0.3, 0.4) is 0 Å². The molecule has 6 heterocycles. The number of imidazole rings is 3. The largest absolute Gasteiger partial charge is 0.478 e. The first kappa shape index (κ1) is 26.2. The monoisotopic (exact) mass is 523 g/mol. The molecule has 0 saturated carbocycles. The van der Waals surface area contributed by atoms with Crippen molar-refractivity contribution in [2.24, 2.45) is 0 Å². The first-order valence-corrected chi connectivity index (χ1v) is 11.4. The SMILES string of the molecule is COC(=O)c1ccn2ccnc2c1.N#CCC(=O)c1ccn2ccnc2c1.O=C(O)c1ccn2ccnc2c1. The molecule has 194 valence electrons. The minimum Gasteiger partial charge on any atom is -0.478 e. The smallest absolute Gasteiger partial charge is 0.338 e. The Hall–Kier alpha value is -5.83. The highest BCUT2D eigenvalue weighted by Crippen LogP contribution is 2.08. The highest BCUT2D eigenvalue weighted by atomic mass is 16.5. The number of pyridine rings is 3. The van der Waals surface area contributed by atoms with Crippen molar-refractivity contribution in [2.45, 2.75) is 6.42 Å². The second kappa shape index (κ2) is 11.9. The molecule has 0 spiro atoms. The molecule has 0 bridgehead atoms. The Morgan fingerprint density at radius 3 is 1.67 bits per heavy atom. The zero-order chi connectivity index (χ0) is 27.8. The fourth-order valence-corrected chi connectivity index (χ4v) is 3.46. The Labute approximate surface area is 221 Å². The number of fused-ring (bicyclic) bond motifs is 3. The molecule has 0 fully saturated rings. The van der Waals surface area contributed by atoms with Gasteiger partial charge in [-0.25, -0.2) is 24.5 Å². The van der Waals surface area contributed by atoms with E-state index in [2.05, 4.69) is 19.7 Å². The zero-order valence-electron chi connectivity index (χ0n) is 20.6. The maximum atomic E-state index is 11.4. The summed E-state index contributed by atoms with van der Waals surface area (Å²) in [5.41, 5.74) is 3.41. The van der Waals surface area contributed by atoms with Crippen molar-refractivity contribution in [3.8, 4) is 6.07 Å². The van der Waals surface area contributed by atoms with Gasteiger partial charge in [0.1, 0.15) is 16.9 Å². The lowest BCUT2D eigenvalue weighted by molar-refractivity contribution is 0.0599. The van der Waals surface area contributed by atoms with Gasteiger partial charge in [0.15, 0.2) is 5.78 Å². The van der Waals surface area contributed by atoms with Gasteiger partial charge in [-0.15, -0.1) is 0 Å². The van der Waals surface area contributed by atoms with Crippen LogP contribution in [-0.2, 0) is 4.74 Å². The Balaban J connectivity index is 0.000000136. The van der Waals surface area contributed by atoms with Crippen LogP contribution < -0.4 is 0 Å². The molecule has 12 nitrogen and oxygen atoms in total. The molecule has 0 amide bonds. The maximum Gasteiger partial charge on any atom is 0.338 e. The number of ether oxygens (including phenoxy) is 1. The van der Waals surface area contributed by atoms with Gasteiger partial charge in [-0.2, -0.15) is 5.26 Å². The normalized spacial score (nSPS) is 10.2. The zero-order valence-corrected chi connectivity index (χ0v) is 20.6. The number of esters is 1. The number of Topliss-reactive ketones (excluding diaryl/α,β-unsaturated/α-hetero) is 1. The summed E-state index contributed by atoms with van der Waals surface area (Å²) in [5, 5.41) is 17.0. The van der Waals surface area contributed by atoms with E-state index in [1.165, 1.54) is 19.2 Å². The number of carboxylic acid groups (broad SMARTS) is 1. The van der Waals surface area contributed by atoms with Crippen LogP contribution in [0.1, 0.15) is 37.5 Å². The molecule has 6 rings (SSSR count). The average Bonchev–Trinajstić information content (AvgIpc) is 3.72. The fraction of sp³-hybridized carbons (Fsp3) is 0.0741. The molecule has 39 heavy (non-hydrogen) atoms. The number of carboxylic acids is 1. The number of carbonyl (C=O) groups is 3. The summed E-state index contributed by atoms with van der Waals surface area (Å²) in [6.45, 7) is 0. The lowest BCUT2D eigenvalue weighted by atomic mass is 10.1. The van der Waals surface area contributed by atoms with E-state index in [1.54, 1.807) is 78.2 Å². The molecule has 0 aliphatic heterocycles. The van der Waals surface area contributed by atoms with Gasteiger partial charge in [-0.05, 0) is 36.4 Å². The topological polar surface area (TPSA) is 156 Å². The summed E-state index contributed by atoms with van der Waals surface area (Å²) >= 11 is 0. The van der Waals surface area contributed by atoms with Crippen LogP contribution >= 0.6 is 0 Å². The molecule has 0 aromatic carbocycles. The number of ketones is 1. The summed E-state index contributed by atoms with van der Waals surface area (Å²) < 4.78 is 9.98. The Morgan fingerprint density at radius 2 is 1.21 bits per heavy atom. The molecule has 0 atom stereocenters. The number of nitrogens with zero attached hydrogens (tertiary/aromatic N) is 7. The first-order chi connectivity index (χ1) is 18.9. The minimum atomic E-state index is -0.930. The van der Waals surface area contributed by atoms with Crippen LogP contribution in [-0.4, -0.2) is 58.1 Å². The molecule has 0 radical (unpaired) electrons. The van der Waals surface area contributed by atoms with Crippen LogP contribution in [0.4, 0.5) is 0 Å². The fourth-order valence-electron chi connectivity index (χ4n) is 3.46. The van der Waals surface area contributed by atoms with Crippen molar-refractivity contribution in [1.29, 1.82) is 5.26 Å². The third-order valence-corrected chi connectivity index (χ3v) is 5.42. The molecule has 1 N–H and O–H groups in total.